The summed E-state index contributed by atoms with van der Waals surface area (Å²) >= 11 is 6.02. The van der Waals surface area contributed by atoms with Crippen molar-refractivity contribution in [1.82, 2.24) is 5.32 Å². The van der Waals surface area contributed by atoms with E-state index in [0.717, 1.165) is 48.2 Å². The van der Waals surface area contributed by atoms with Crippen LogP contribution in [0.5, 0.6) is 5.75 Å². The Bertz CT molecular complexity index is 859. The number of aryl methyl sites for hydroxylation is 1. The zero-order chi connectivity index (χ0) is 20.8. The van der Waals surface area contributed by atoms with Crippen molar-refractivity contribution in [2.24, 2.45) is 0 Å². The van der Waals surface area contributed by atoms with Gasteiger partial charge in [-0.15, -0.1) is 0 Å². The molecule has 6 heteroatoms. The van der Waals surface area contributed by atoms with Crippen LogP contribution in [0, 0.1) is 6.92 Å². The van der Waals surface area contributed by atoms with E-state index in [4.69, 9.17) is 16.3 Å². The fourth-order valence-electron chi connectivity index (χ4n) is 3.52. The number of halogens is 1. The lowest BCUT2D eigenvalue weighted by Crippen LogP contribution is -2.41. The molecule has 0 radical (unpaired) electrons. The average molecular weight is 415 g/mol. The lowest BCUT2D eigenvalue weighted by atomic mass is 9.93. The van der Waals surface area contributed by atoms with E-state index in [-0.39, 0.29) is 24.0 Å². The summed E-state index contributed by atoms with van der Waals surface area (Å²) in [5.74, 6) is 0.917. The minimum Gasteiger partial charge on any atom is -0.490 e. The van der Waals surface area contributed by atoms with Gasteiger partial charge in [0.15, 0.2) is 5.78 Å². The van der Waals surface area contributed by atoms with Gasteiger partial charge in [0.2, 0.25) is 0 Å². The molecule has 1 saturated carbocycles. The van der Waals surface area contributed by atoms with Crippen molar-refractivity contribution in [3.8, 4) is 5.75 Å². The minimum atomic E-state index is -0.202. The molecule has 2 aromatic rings. The van der Waals surface area contributed by atoms with Gasteiger partial charge in [-0.2, -0.15) is 0 Å². The van der Waals surface area contributed by atoms with Gasteiger partial charge in [0.25, 0.3) is 0 Å². The van der Waals surface area contributed by atoms with Crippen LogP contribution in [-0.2, 0) is 0 Å². The molecule has 0 atom stereocenters. The highest BCUT2D eigenvalue weighted by atomic mass is 35.5. The average Bonchev–Trinajstić information content (AvgIpc) is 2.72. The minimum absolute atomic E-state index is 0.128. The summed E-state index contributed by atoms with van der Waals surface area (Å²) in [6, 6.07) is 12.7. The molecule has 0 saturated heterocycles. The van der Waals surface area contributed by atoms with Gasteiger partial charge in [-0.3, -0.25) is 4.79 Å². The van der Waals surface area contributed by atoms with E-state index < -0.39 is 0 Å². The van der Waals surface area contributed by atoms with E-state index in [1.54, 1.807) is 12.1 Å². The molecule has 0 aliphatic heterocycles. The van der Waals surface area contributed by atoms with Gasteiger partial charge in [0.1, 0.15) is 5.75 Å². The molecule has 1 aliphatic rings. The van der Waals surface area contributed by atoms with Crippen molar-refractivity contribution in [2.45, 2.75) is 58.1 Å². The molecule has 29 heavy (non-hydrogen) atoms. The number of ether oxygens (including phenoxy) is 1. The highest BCUT2D eigenvalue weighted by Gasteiger charge is 2.23. The first-order chi connectivity index (χ1) is 13.9. The van der Waals surface area contributed by atoms with Crippen molar-refractivity contribution in [3.63, 3.8) is 0 Å². The van der Waals surface area contributed by atoms with Crippen molar-refractivity contribution >= 4 is 29.1 Å². The van der Waals surface area contributed by atoms with E-state index in [1.165, 1.54) is 0 Å². The summed E-state index contributed by atoms with van der Waals surface area (Å²) in [5, 5.41) is 6.58. The van der Waals surface area contributed by atoms with Crippen LogP contribution in [0.25, 0.3) is 0 Å². The van der Waals surface area contributed by atoms with E-state index >= 15 is 0 Å². The Hall–Kier alpha value is -2.53. The topological polar surface area (TPSA) is 67.4 Å². The maximum Gasteiger partial charge on any atom is 0.319 e. The second-order valence-electron chi connectivity index (χ2n) is 7.46. The predicted octanol–water partition coefficient (Wildman–Crippen LogP) is 5.75. The van der Waals surface area contributed by atoms with Crippen LogP contribution in [-0.4, -0.2) is 24.0 Å². The number of Topliss-reactive ketones (excluding diaryl/α,β-unsaturated/α-hetero) is 1. The third-order valence-corrected chi connectivity index (χ3v) is 5.65. The summed E-state index contributed by atoms with van der Waals surface area (Å²) in [6.07, 6.45) is 4.11. The van der Waals surface area contributed by atoms with Gasteiger partial charge in [-0.05, 0) is 80.6 Å². The van der Waals surface area contributed by atoms with E-state index in [0.29, 0.717) is 11.4 Å². The lowest BCUT2D eigenvalue weighted by molar-refractivity contribution is 0.0988. The largest absolute Gasteiger partial charge is 0.490 e. The molecule has 3 rings (SSSR count). The summed E-state index contributed by atoms with van der Waals surface area (Å²) in [5.41, 5.74) is 2.37. The number of hydrogen-bond acceptors (Lipinski definition) is 3. The van der Waals surface area contributed by atoms with Crippen LogP contribution in [0.1, 0.15) is 54.9 Å². The lowest BCUT2D eigenvalue weighted by Gasteiger charge is -2.29. The van der Waals surface area contributed by atoms with Gasteiger partial charge in [-0.1, -0.05) is 18.5 Å². The van der Waals surface area contributed by atoms with Gasteiger partial charge in [-0.25, -0.2) is 4.79 Å². The monoisotopic (exact) mass is 414 g/mol. The highest BCUT2D eigenvalue weighted by Crippen LogP contribution is 2.25. The fourth-order valence-corrected chi connectivity index (χ4v) is 3.63. The van der Waals surface area contributed by atoms with Crippen molar-refractivity contribution in [1.29, 1.82) is 0 Å². The van der Waals surface area contributed by atoms with Gasteiger partial charge in [0, 0.05) is 28.7 Å². The maximum atomic E-state index is 12.2. The van der Waals surface area contributed by atoms with Gasteiger partial charge >= 0.3 is 6.03 Å². The first kappa shape index (κ1) is 21.2. The number of hydrogen-bond donors (Lipinski definition) is 2. The van der Waals surface area contributed by atoms with Gasteiger partial charge in [0.05, 0.1) is 6.10 Å². The molecule has 154 valence electrons. The molecule has 2 amide bonds. The summed E-state index contributed by atoms with van der Waals surface area (Å²) in [6.45, 7) is 3.76. The van der Waals surface area contributed by atoms with Crippen LogP contribution in [0.15, 0.2) is 42.5 Å². The summed E-state index contributed by atoms with van der Waals surface area (Å²) < 4.78 is 6.04. The Morgan fingerprint density at radius 3 is 2.38 bits per heavy atom. The number of benzene rings is 2. The maximum absolute atomic E-state index is 12.2. The molecule has 0 spiro atoms. The molecule has 0 bridgehead atoms. The standard InChI is InChI=1S/C23H27ClN2O3/c1-3-22(27)16-4-9-19(10-5-16)29-20-11-6-17(7-12-20)25-23(28)26-18-8-13-21(24)15(2)14-18/h4-5,8-10,13-14,17,20H,3,6-7,11-12H2,1-2H3,(H2,25,26,28). The zero-order valence-electron chi connectivity index (χ0n) is 16.8. The Morgan fingerprint density at radius 2 is 1.76 bits per heavy atom. The zero-order valence-corrected chi connectivity index (χ0v) is 17.6. The normalized spacial score (nSPS) is 18.7. The van der Waals surface area contributed by atoms with Crippen LogP contribution < -0.4 is 15.4 Å². The molecule has 2 aromatic carbocycles. The second kappa shape index (κ2) is 9.79. The van der Waals surface area contributed by atoms with Crippen LogP contribution in [0.3, 0.4) is 0 Å². The Balaban J connectivity index is 1.43. The molecule has 1 fully saturated rings. The summed E-state index contributed by atoms with van der Waals surface area (Å²) in [7, 11) is 0. The van der Waals surface area contributed by atoms with E-state index in [9.17, 15) is 9.59 Å². The Morgan fingerprint density at radius 1 is 1.07 bits per heavy atom. The number of amides is 2. The SMILES string of the molecule is CCC(=O)c1ccc(OC2CCC(NC(=O)Nc3ccc(Cl)c(C)c3)CC2)cc1. The Kier molecular flexibility index (Phi) is 7.15. The predicted molar refractivity (Wildman–Crippen MR) is 116 cm³/mol. The number of anilines is 1. The molecular weight excluding hydrogens is 388 g/mol. The number of rotatable bonds is 6. The van der Waals surface area contributed by atoms with Crippen molar-refractivity contribution in [2.75, 3.05) is 5.32 Å². The fraction of sp³-hybridized carbons (Fsp3) is 0.391. The van der Waals surface area contributed by atoms with Crippen molar-refractivity contribution in [3.05, 3.63) is 58.6 Å². The summed E-state index contributed by atoms with van der Waals surface area (Å²) in [4.78, 5) is 23.9. The van der Waals surface area contributed by atoms with Crippen LogP contribution in [0.2, 0.25) is 5.02 Å². The first-order valence-electron chi connectivity index (χ1n) is 10.1. The highest BCUT2D eigenvalue weighted by molar-refractivity contribution is 6.31. The first-order valence-corrected chi connectivity index (χ1v) is 10.5. The number of urea groups is 1. The quantitative estimate of drug-likeness (QED) is 0.591. The molecule has 0 unspecified atom stereocenters. The third kappa shape index (κ3) is 5.97. The number of ketones is 1. The number of carbonyl (C=O) groups excluding carboxylic acids is 2. The van der Waals surface area contributed by atoms with Crippen molar-refractivity contribution < 1.29 is 14.3 Å². The molecule has 5 nitrogen and oxygen atoms in total. The van der Waals surface area contributed by atoms with E-state index in [1.807, 2.05) is 44.2 Å². The third-order valence-electron chi connectivity index (χ3n) is 5.23. The molecule has 1 aliphatic carbocycles. The number of nitrogens with one attached hydrogen (secondary N) is 2. The molecule has 0 aromatic heterocycles. The van der Waals surface area contributed by atoms with Crippen LogP contribution >= 0.6 is 11.6 Å². The molecule has 2 N–H and O–H groups in total. The molecular formula is C23H27ClN2O3. The van der Waals surface area contributed by atoms with Crippen LogP contribution in [0.4, 0.5) is 10.5 Å². The van der Waals surface area contributed by atoms with E-state index in [2.05, 4.69) is 10.6 Å². The second-order valence-corrected chi connectivity index (χ2v) is 7.86. The van der Waals surface area contributed by atoms with Gasteiger partial charge < -0.3 is 15.4 Å². The number of carbonyl (C=O) groups is 2. The Labute approximate surface area is 176 Å². The molecule has 0 heterocycles. The smallest absolute Gasteiger partial charge is 0.319 e.